The molecule has 0 fully saturated rings. The van der Waals surface area contributed by atoms with Crippen LogP contribution in [0.4, 0.5) is 0 Å². The molecule has 2 aliphatic rings. The van der Waals surface area contributed by atoms with E-state index in [1.165, 1.54) is 18.5 Å². The third kappa shape index (κ3) is 2.61. The molecular formula is C12H19NO. The van der Waals surface area contributed by atoms with Gasteiger partial charge in [0.05, 0.1) is 6.10 Å². The van der Waals surface area contributed by atoms with Crippen molar-refractivity contribution < 1.29 is 5.11 Å². The summed E-state index contributed by atoms with van der Waals surface area (Å²) in [6.45, 7) is 0. The third-order valence-corrected chi connectivity index (χ3v) is 3.04. The smallest absolute Gasteiger partial charge is 0.0579 e. The fourth-order valence-corrected chi connectivity index (χ4v) is 2.14. The van der Waals surface area contributed by atoms with Gasteiger partial charge in [0.15, 0.2) is 0 Å². The van der Waals surface area contributed by atoms with Crippen LogP contribution in [0.1, 0.15) is 38.5 Å². The number of hydrogen-bond acceptors (Lipinski definition) is 2. The molecular weight excluding hydrogens is 174 g/mol. The van der Waals surface area contributed by atoms with Crippen molar-refractivity contribution in [2.45, 2.75) is 50.7 Å². The molecule has 0 spiro atoms. The van der Waals surface area contributed by atoms with E-state index in [9.17, 15) is 5.11 Å². The lowest BCUT2D eigenvalue weighted by molar-refractivity contribution is 0.160. The quantitative estimate of drug-likeness (QED) is 0.658. The summed E-state index contributed by atoms with van der Waals surface area (Å²) >= 11 is 0. The van der Waals surface area contributed by atoms with Crippen molar-refractivity contribution in [3.63, 3.8) is 0 Å². The first-order valence-corrected chi connectivity index (χ1v) is 5.63. The summed E-state index contributed by atoms with van der Waals surface area (Å²) in [5.74, 6) is 0. The van der Waals surface area contributed by atoms with Gasteiger partial charge in [-0.1, -0.05) is 18.2 Å². The number of rotatable bonds is 2. The minimum atomic E-state index is -0.105. The van der Waals surface area contributed by atoms with E-state index in [-0.39, 0.29) is 6.10 Å². The fraction of sp³-hybridized carbons (Fsp3) is 0.667. The molecule has 2 N–H and O–H groups in total. The molecule has 78 valence electrons. The molecule has 0 amide bonds. The third-order valence-electron chi connectivity index (χ3n) is 3.04. The molecule has 0 bridgehead atoms. The molecule has 14 heavy (non-hydrogen) atoms. The minimum Gasteiger partial charge on any atom is -0.393 e. The predicted molar refractivity (Wildman–Crippen MR) is 57.9 cm³/mol. The number of nitrogens with one attached hydrogen (secondary N) is 1. The van der Waals surface area contributed by atoms with Crippen LogP contribution in [0.3, 0.4) is 0 Å². The van der Waals surface area contributed by atoms with Crippen molar-refractivity contribution in [2.24, 2.45) is 0 Å². The molecule has 0 saturated carbocycles. The average Bonchev–Trinajstić information content (AvgIpc) is 2.23. The highest BCUT2D eigenvalue weighted by atomic mass is 16.3. The van der Waals surface area contributed by atoms with E-state index in [0.717, 1.165) is 25.7 Å². The van der Waals surface area contributed by atoms with Crippen LogP contribution in [0, 0.1) is 0 Å². The number of aliphatic hydroxyl groups is 1. The lowest BCUT2D eigenvalue weighted by Crippen LogP contribution is -2.30. The van der Waals surface area contributed by atoms with Gasteiger partial charge >= 0.3 is 0 Å². The summed E-state index contributed by atoms with van der Waals surface area (Å²) in [6.07, 6.45) is 12.9. The van der Waals surface area contributed by atoms with E-state index in [2.05, 4.69) is 23.5 Å². The van der Waals surface area contributed by atoms with Crippen molar-refractivity contribution in [3.05, 3.63) is 23.9 Å². The Labute approximate surface area is 85.7 Å². The summed E-state index contributed by atoms with van der Waals surface area (Å²) in [4.78, 5) is 0. The lowest BCUT2D eigenvalue weighted by atomic mass is 9.98. The van der Waals surface area contributed by atoms with Crippen molar-refractivity contribution in [3.8, 4) is 0 Å². The summed E-state index contributed by atoms with van der Waals surface area (Å²) < 4.78 is 0. The molecule has 2 rings (SSSR count). The standard InChI is InChI=1S/C12H19NO/c14-12-8-6-11(7-9-12)13-10-4-2-1-3-5-10/h1-2,6,10,12-14H,3-5,7-9H2. The van der Waals surface area contributed by atoms with Gasteiger partial charge in [0.1, 0.15) is 0 Å². The molecule has 0 aromatic rings. The van der Waals surface area contributed by atoms with Gasteiger partial charge in [-0.2, -0.15) is 0 Å². The second kappa shape index (κ2) is 4.65. The molecule has 0 radical (unpaired) electrons. The van der Waals surface area contributed by atoms with Crippen LogP contribution < -0.4 is 5.32 Å². The molecule has 0 saturated heterocycles. The normalized spacial score (nSPS) is 32.5. The van der Waals surface area contributed by atoms with Gasteiger partial charge in [-0.25, -0.2) is 0 Å². The van der Waals surface area contributed by atoms with Crippen molar-refractivity contribution in [1.29, 1.82) is 0 Å². The lowest BCUT2D eigenvalue weighted by Gasteiger charge is -2.25. The predicted octanol–water partition coefficient (Wildman–Crippen LogP) is 2.11. The molecule has 0 aromatic heterocycles. The largest absolute Gasteiger partial charge is 0.393 e. The molecule has 0 aliphatic heterocycles. The zero-order valence-corrected chi connectivity index (χ0v) is 8.58. The van der Waals surface area contributed by atoms with Crippen molar-refractivity contribution in [2.75, 3.05) is 0 Å². The first kappa shape index (κ1) is 9.78. The SMILES string of the molecule is OC1CC=C(NC2CC=CCC2)CC1. The Morgan fingerprint density at radius 3 is 2.79 bits per heavy atom. The average molecular weight is 193 g/mol. The fourth-order valence-electron chi connectivity index (χ4n) is 2.14. The molecule has 2 aliphatic carbocycles. The van der Waals surface area contributed by atoms with E-state index < -0.39 is 0 Å². The van der Waals surface area contributed by atoms with Gasteiger partial charge in [-0.05, 0) is 38.5 Å². The Balaban J connectivity index is 1.82. The Kier molecular flexibility index (Phi) is 3.25. The summed E-state index contributed by atoms with van der Waals surface area (Å²) in [6, 6.07) is 0.626. The van der Waals surface area contributed by atoms with Gasteiger partial charge in [0.25, 0.3) is 0 Å². The Hall–Kier alpha value is -0.760. The zero-order chi connectivity index (χ0) is 9.80. The highest BCUT2D eigenvalue weighted by Gasteiger charge is 2.15. The second-order valence-electron chi connectivity index (χ2n) is 4.28. The summed E-state index contributed by atoms with van der Waals surface area (Å²) in [5.41, 5.74) is 1.34. The molecule has 2 nitrogen and oxygen atoms in total. The second-order valence-corrected chi connectivity index (χ2v) is 4.28. The zero-order valence-electron chi connectivity index (χ0n) is 8.58. The van der Waals surface area contributed by atoms with Crippen LogP contribution in [0.15, 0.2) is 23.9 Å². The van der Waals surface area contributed by atoms with Crippen LogP contribution in [0.2, 0.25) is 0 Å². The van der Waals surface area contributed by atoms with E-state index >= 15 is 0 Å². The molecule has 2 unspecified atom stereocenters. The maximum absolute atomic E-state index is 9.35. The molecule has 2 atom stereocenters. The first-order chi connectivity index (χ1) is 6.84. The molecule has 0 aromatic carbocycles. The highest BCUT2D eigenvalue weighted by Crippen LogP contribution is 2.19. The highest BCUT2D eigenvalue weighted by molar-refractivity contribution is 5.07. The van der Waals surface area contributed by atoms with E-state index in [1.807, 2.05) is 0 Å². The Morgan fingerprint density at radius 1 is 1.21 bits per heavy atom. The van der Waals surface area contributed by atoms with Crippen LogP contribution in [-0.4, -0.2) is 17.3 Å². The van der Waals surface area contributed by atoms with Crippen LogP contribution >= 0.6 is 0 Å². The van der Waals surface area contributed by atoms with Gasteiger partial charge in [0, 0.05) is 11.7 Å². The van der Waals surface area contributed by atoms with Gasteiger partial charge in [-0.15, -0.1) is 0 Å². The van der Waals surface area contributed by atoms with Gasteiger partial charge in [0.2, 0.25) is 0 Å². The van der Waals surface area contributed by atoms with Gasteiger partial charge < -0.3 is 10.4 Å². The maximum atomic E-state index is 9.35. The maximum Gasteiger partial charge on any atom is 0.0579 e. The van der Waals surface area contributed by atoms with E-state index in [0.29, 0.717) is 6.04 Å². The van der Waals surface area contributed by atoms with Crippen LogP contribution in [0.25, 0.3) is 0 Å². The summed E-state index contributed by atoms with van der Waals surface area (Å²) in [7, 11) is 0. The molecule has 0 heterocycles. The minimum absolute atomic E-state index is 0.105. The molecule has 2 heteroatoms. The Morgan fingerprint density at radius 2 is 2.14 bits per heavy atom. The van der Waals surface area contributed by atoms with Crippen molar-refractivity contribution in [1.82, 2.24) is 5.32 Å². The summed E-state index contributed by atoms with van der Waals surface area (Å²) in [5, 5.41) is 12.9. The number of allylic oxidation sites excluding steroid dienone is 2. The van der Waals surface area contributed by atoms with E-state index in [1.54, 1.807) is 0 Å². The topological polar surface area (TPSA) is 32.3 Å². The van der Waals surface area contributed by atoms with Crippen LogP contribution in [0.5, 0.6) is 0 Å². The van der Waals surface area contributed by atoms with E-state index in [4.69, 9.17) is 0 Å². The number of aliphatic hydroxyl groups excluding tert-OH is 1. The van der Waals surface area contributed by atoms with Crippen LogP contribution in [-0.2, 0) is 0 Å². The van der Waals surface area contributed by atoms with Gasteiger partial charge in [-0.3, -0.25) is 0 Å². The Bertz CT molecular complexity index is 245. The monoisotopic (exact) mass is 193 g/mol. The van der Waals surface area contributed by atoms with Crippen molar-refractivity contribution >= 4 is 0 Å². The number of hydrogen-bond donors (Lipinski definition) is 2. The first-order valence-electron chi connectivity index (χ1n) is 5.63.